The molecular formula is C24H24BrClN4O4. The topological polar surface area (TPSA) is 87.5 Å². The number of ether oxygens (including phenoxy) is 3. The van der Waals surface area contributed by atoms with Crippen molar-refractivity contribution < 1.29 is 19.0 Å². The molecule has 1 unspecified atom stereocenters. The van der Waals surface area contributed by atoms with Gasteiger partial charge in [0.15, 0.2) is 11.5 Å². The summed E-state index contributed by atoms with van der Waals surface area (Å²) in [6.07, 6.45) is 2.16. The van der Waals surface area contributed by atoms with Crippen LogP contribution in [-0.4, -0.2) is 34.5 Å². The lowest BCUT2D eigenvalue weighted by molar-refractivity contribution is -0.139. The lowest BCUT2D eigenvalue weighted by Gasteiger charge is -2.29. The lowest BCUT2D eigenvalue weighted by atomic mass is 9.95. The molecule has 4 rings (SSSR count). The van der Waals surface area contributed by atoms with Gasteiger partial charge in [-0.2, -0.15) is 10.1 Å². The molecule has 178 valence electrons. The Hall–Kier alpha value is -3.04. The molecule has 0 spiro atoms. The zero-order valence-corrected chi connectivity index (χ0v) is 21.3. The predicted molar refractivity (Wildman–Crippen MR) is 132 cm³/mol. The highest BCUT2D eigenvalue weighted by Gasteiger charge is 2.35. The van der Waals surface area contributed by atoms with E-state index in [1.165, 1.54) is 6.33 Å². The molecule has 0 bridgehead atoms. The molecule has 0 saturated carbocycles. The molecule has 0 fully saturated rings. The SMILES string of the molecule is CCCOC(=O)C1=C(C)Nc2ncnn2C1c1cc(Br)c(OCc2ccccc2Cl)c(OC)c1. The van der Waals surface area contributed by atoms with E-state index in [9.17, 15) is 4.79 Å². The number of fused-ring (bicyclic) bond motifs is 1. The average Bonchev–Trinajstić information content (AvgIpc) is 3.29. The number of nitrogens with one attached hydrogen (secondary N) is 1. The second-order valence-electron chi connectivity index (χ2n) is 7.64. The van der Waals surface area contributed by atoms with Crippen LogP contribution >= 0.6 is 27.5 Å². The minimum atomic E-state index is -0.564. The minimum Gasteiger partial charge on any atom is -0.493 e. The number of rotatable bonds is 8. The van der Waals surface area contributed by atoms with Crippen molar-refractivity contribution in [2.75, 3.05) is 19.0 Å². The first-order valence-corrected chi connectivity index (χ1v) is 11.9. The third kappa shape index (κ3) is 4.76. The second kappa shape index (κ2) is 10.5. The number of esters is 1. The van der Waals surface area contributed by atoms with Crippen molar-refractivity contribution in [1.29, 1.82) is 0 Å². The fourth-order valence-electron chi connectivity index (χ4n) is 3.74. The molecule has 1 aliphatic heterocycles. The molecule has 8 nitrogen and oxygen atoms in total. The Kier molecular flexibility index (Phi) is 7.43. The van der Waals surface area contributed by atoms with Crippen LogP contribution in [0.1, 0.15) is 37.4 Å². The smallest absolute Gasteiger partial charge is 0.338 e. The number of methoxy groups -OCH3 is 1. The van der Waals surface area contributed by atoms with Gasteiger partial charge >= 0.3 is 5.97 Å². The molecule has 2 aromatic carbocycles. The Morgan fingerprint density at radius 2 is 2.09 bits per heavy atom. The first-order valence-electron chi connectivity index (χ1n) is 10.7. The van der Waals surface area contributed by atoms with Crippen LogP contribution in [0, 0.1) is 0 Å². The van der Waals surface area contributed by atoms with Crippen molar-refractivity contribution in [2.24, 2.45) is 0 Å². The largest absolute Gasteiger partial charge is 0.493 e. The molecule has 1 aromatic heterocycles. The zero-order valence-electron chi connectivity index (χ0n) is 19.0. The molecule has 0 radical (unpaired) electrons. The van der Waals surface area contributed by atoms with Crippen molar-refractivity contribution in [1.82, 2.24) is 14.8 Å². The second-order valence-corrected chi connectivity index (χ2v) is 8.91. The van der Waals surface area contributed by atoms with E-state index in [0.717, 1.165) is 17.5 Å². The molecule has 1 N–H and O–H groups in total. The Bertz CT molecular complexity index is 1240. The monoisotopic (exact) mass is 546 g/mol. The third-order valence-electron chi connectivity index (χ3n) is 5.35. The first-order chi connectivity index (χ1) is 16.4. The van der Waals surface area contributed by atoms with Crippen LogP contribution in [0.15, 0.2) is 58.5 Å². The Morgan fingerprint density at radius 3 is 2.82 bits per heavy atom. The Labute approximate surface area is 211 Å². The minimum absolute atomic E-state index is 0.266. The van der Waals surface area contributed by atoms with Gasteiger partial charge in [0, 0.05) is 16.3 Å². The molecule has 1 atom stereocenters. The van der Waals surface area contributed by atoms with Crippen LogP contribution in [0.4, 0.5) is 5.95 Å². The summed E-state index contributed by atoms with van der Waals surface area (Å²) in [5.74, 6) is 1.14. The number of hydrogen-bond donors (Lipinski definition) is 1. The number of anilines is 1. The van der Waals surface area contributed by atoms with Gasteiger partial charge in [-0.25, -0.2) is 9.48 Å². The van der Waals surface area contributed by atoms with Gasteiger partial charge < -0.3 is 19.5 Å². The first kappa shape index (κ1) is 24.1. The fraction of sp³-hybridized carbons (Fsp3) is 0.292. The molecule has 34 heavy (non-hydrogen) atoms. The highest BCUT2D eigenvalue weighted by Crippen LogP contribution is 2.43. The van der Waals surface area contributed by atoms with Crippen LogP contribution in [0.3, 0.4) is 0 Å². The van der Waals surface area contributed by atoms with E-state index in [1.807, 2.05) is 50.2 Å². The Morgan fingerprint density at radius 1 is 1.29 bits per heavy atom. The number of nitrogens with zero attached hydrogens (tertiary/aromatic N) is 3. The molecule has 10 heteroatoms. The van der Waals surface area contributed by atoms with Crippen molar-refractivity contribution in [3.05, 3.63) is 74.6 Å². The maximum atomic E-state index is 13.0. The van der Waals surface area contributed by atoms with E-state index in [-0.39, 0.29) is 6.61 Å². The van der Waals surface area contributed by atoms with Crippen LogP contribution in [-0.2, 0) is 16.1 Å². The van der Waals surface area contributed by atoms with E-state index in [2.05, 4.69) is 31.3 Å². The number of hydrogen-bond acceptors (Lipinski definition) is 7. The van der Waals surface area contributed by atoms with Gasteiger partial charge in [-0.3, -0.25) is 0 Å². The average molecular weight is 548 g/mol. The summed E-state index contributed by atoms with van der Waals surface area (Å²) < 4.78 is 19.5. The number of carbonyl (C=O) groups is 1. The lowest BCUT2D eigenvalue weighted by Crippen LogP contribution is -2.29. The van der Waals surface area contributed by atoms with E-state index in [1.54, 1.807) is 11.8 Å². The molecule has 1 aliphatic rings. The molecule has 0 saturated heterocycles. The zero-order chi connectivity index (χ0) is 24.2. The van der Waals surface area contributed by atoms with Crippen LogP contribution in [0.2, 0.25) is 5.02 Å². The van der Waals surface area contributed by atoms with Gasteiger partial charge in [-0.05, 0) is 53.0 Å². The predicted octanol–water partition coefficient (Wildman–Crippen LogP) is 5.52. The van der Waals surface area contributed by atoms with Crippen LogP contribution < -0.4 is 14.8 Å². The molecule has 2 heterocycles. The van der Waals surface area contributed by atoms with E-state index in [0.29, 0.717) is 44.8 Å². The summed E-state index contributed by atoms with van der Waals surface area (Å²) >= 11 is 9.88. The van der Waals surface area contributed by atoms with E-state index < -0.39 is 12.0 Å². The summed E-state index contributed by atoms with van der Waals surface area (Å²) in [4.78, 5) is 17.3. The number of benzene rings is 2. The van der Waals surface area contributed by atoms with E-state index >= 15 is 0 Å². The summed E-state index contributed by atoms with van der Waals surface area (Å²) in [6, 6.07) is 10.6. The highest BCUT2D eigenvalue weighted by atomic mass is 79.9. The third-order valence-corrected chi connectivity index (χ3v) is 6.31. The molecule has 0 amide bonds. The van der Waals surface area contributed by atoms with Gasteiger partial charge in [0.25, 0.3) is 0 Å². The molecular weight excluding hydrogens is 524 g/mol. The van der Waals surface area contributed by atoms with Gasteiger partial charge in [0.2, 0.25) is 5.95 Å². The molecule has 3 aromatic rings. The molecule has 0 aliphatic carbocycles. The Balaban J connectivity index is 1.73. The number of carbonyl (C=O) groups excluding carboxylic acids is 1. The van der Waals surface area contributed by atoms with Crippen molar-refractivity contribution in [2.45, 2.75) is 32.9 Å². The normalized spacial score (nSPS) is 14.9. The van der Waals surface area contributed by atoms with Gasteiger partial charge in [0.1, 0.15) is 19.0 Å². The van der Waals surface area contributed by atoms with Crippen molar-refractivity contribution in [3.63, 3.8) is 0 Å². The summed E-state index contributed by atoms with van der Waals surface area (Å²) in [7, 11) is 1.56. The van der Waals surface area contributed by atoms with E-state index in [4.69, 9.17) is 25.8 Å². The summed E-state index contributed by atoms with van der Waals surface area (Å²) in [6.45, 7) is 4.36. The fourth-order valence-corrected chi connectivity index (χ4v) is 4.50. The number of aromatic nitrogens is 3. The van der Waals surface area contributed by atoms with Gasteiger partial charge in [-0.15, -0.1) is 0 Å². The summed E-state index contributed by atoms with van der Waals surface area (Å²) in [5.41, 5.74) is 2.71. The van der Waals surface area contributed by atoms with Gasteiger partial charge in [0.05, 0.1) is 23.8 Å². The van der Waals surface area contributed by atoms with Crippen LogP contribution in [0.25, 0.3) is 0 Å². The van der Waals surface area contributed by atoms with Gasteiger partial charge in [-0.1, -0.05) is 36.7 Å². The van der Waals surface area contributed by atoms with Crippen molar-refractivity contribution in [3.8, 4) is 11.5 Å². The quantitative estimate of drug-likeness (QED) is 0.371. The maximum absolute atomic E-state index is 13.0. The standard InChI is InChI=1S/C24H24BrClN4O4/c1-4-9-33-23(31)20-14(2)29-24-27-13-28-30(24)21(20)16-10-17(25)22(19(11-16)32-3)34-12-15-7-5-6-8-18(15)26/h5-8,10-11,13,21H,4,9,12H2,1-3H3,(H,27,28,29). The number of halogens is 2. The summed E-state index contributed by atoms with van der Waals surface area (Å²) in [5, 5.41) is 8.11. The maximum Gasteiger partial charge on any atom is 0.338 e. The highest BCUT2D eigenvalue weighted by molar-refractivity contribution is 9.10. The number of allylic oxidation sites excluding steroid dienone is 1. The van der Waals surface area contributed by atoms with Crippen molar-refractivity contribution >= 4 is 39.4 Å². The van der Waals surface area contributed by atoms with Crippen LogP contribution in [0.5, 0.6) is 11.5 Å².